The van der Waals surface area contributed by atoms with E-state index in [0.717, 1.165) is 37.3 Å². The van der Waals surface area contributed by atoms with Gasteiger partial charge in [-0.1, -0.05) is 18.1 Å². The predicted octanol–water partition coefficient (Wildman–Crippen LogP) is 3.37. The number of hydrogen-bond donors (Lipinski definition) is 1. The molecular formula is C14H16F2O. The van der Waals surface area contributed by atoms with E-state index in [4.69, 9.17) is 0 Å². The number of aliphatic hydroxyl groups is 1. The van der Waals surface area contributed by atoms with Crippen LogP contribution in [0.4, 0.5) is 8.78 Å². The zero-order valence-corrected chi connectivity index (χ0v) is 9.63. The highest BCUT2D eigenvalue weighted by atomic mass is 19.1. The van der Waals surface area contributed by atoms with Crippen LogP contribution in [0.5, 0.6) is 0 Å². The standard InChI is InChI=1S/C14H16F2O/c15-12-6-11(7-13(16)9-12)5-10-3-1-2-4-14(17)8-10/h6-9,14,17H,1-5H2. The van der Waals surface area contributed by atoms with Crippen LogP contribution in [0, 0.1) is 11.6 Å². The molecule has 0 heterocycles. The molecule has 1 N–H and O–H groups in total. The van der Waals surface area contributed by atoms with Gasteiger partial charge in [-0.25, -0.2) is 8.78 Å². The van der Waals surface area contributed by atoms with Gasteiger partial charge in [-0.15, -0.1) is 0 Å². The highest BCUT2D eigenvalue weighted by molar-refractivity contribution is 5.24. The Balaban J connectivity index is 2.13. The molecule has 1 aliphatic rings. The number of rotatable bonds is 2. The van der Waals surface area contributed by atoms with Crippen molar-refractivity contribution < 1.29 is 13.9 Å². The minimum Gasteiger partial charge on any atom is -0.389 e. The van der Waals surface area contributed by atoms with Gasteiger partial charge < -0.3 is 5.11 Å². The molecule has 1 aliphatic carbocycles. The maximum Gasteiger partial charge on any atom is 0.126 e. The molecule has 0 aliphatic heterocycles. The Morgan fingerprint density at radius 1 is 1.12 bits per heavy atom. The largest absolute Gasteiger partial charge is 0.389 e. The first-order chi connectivity index (χ1) is 8.13. The van der Waals surface area contributed by atoms with E-state index in [1.165, 1.54) is 12.1 Å². The fourth-order valence-electron chi connectivity index (χ4n) is 2.27. The highest BCUT2D eigenvalue weighted by Crippen LogP contribution is 2.21. The molecule has 1 nitrogen and oxygen atoms in total. The molecule has 2 rings (SSSR count). The van der Waals surface area contributed by atoms with E-state index in [1.54, 1.807) is 0 Å². The van der Waals surface area contributed by atoms with Gasteiger partial charge in [-0.2, -0.15) is 0 Å². The Morgan fingerprint density at radius 3 is 2.53 bits per heavy atom. The van der Waals surface area contributed by atoms with Crippen LogP contribution in [0.3, 0.4) is 0 Å². The Labute approximate surface area is 99.8 Å². The molecule has 0 radical (unpaired) electrons. The molecule has 3 heteroatoms. The number of allylic oxidation sites excluding steroid dienone is 1. The summed E-state index contributed by atoms with van der Waals surface area (Å²) in [5, 5.41) is 9.62. The van der Waals surface area contributed by atoms with Gasteiger partial charge in [0.1, 0.15) is 11.6 Å². The summed E-state index contributed by atoms with van der Waals surface area (Å²) < 4.78 is 26.1. The fraction of sp³-hybridized carbons (Fsp3) is 0.429. The molecule has 0 saturated heterocycles. The molecule has 92 valence electrons. The number of benzene rings is 1. The minimum absolute atomic E-state index is 0.411. The Morgan fingerprint density at radius 2 is 1.82 bits per heavy atom. The van der Waals surface area contributed by atoms with Crippen molar-refractivity contribution in [1.82, 2.24) is 0 Å². The van der Waals surface area contributed by atoms with E-state index >= 15 is 0 Å². The van der Waals surface area contributed by atoms with Crippen LogP contribution in [0.25, 0.3) is 0 Å². The second-order valence-electron chi connectivity index (χ2n) is 4.59. The summed E-state index contributed by atoms with van der Waals surface area (Å²) in [6.45, 7) is 0. The number of hydrogen-bond acceptors (Lipinski definition) is 1. The van der Waals surface area contributed by atoms with Gasteiger partial charge >= 0.3 is 0 Å². The summed E-state index contributed by atoms with van der Waals surface area (Å²) in [4.78, 5) is 0. The Bertz CT molecular complexity index is 406. The zero-order chi connectivity index (χ0) is 12.3. The molecule has 0 bridgehead atoms. The minimum atomic E-state index is -0.547. The van der Waals surface area contributed by atoms with E-state index in [1.807, 2.05) is 6.08 Å². The Kier molecular flexibility index (Phi) is 3.89. The zero-order valence-electron chi connectivity index (χ0n) is 9.63. The van der Waals surface area contributed by atoms with Crippen molar-refractivity contribution in [3.8, 4) is 0 Å². The maximum atomic E-state index is 13.0. The lowest BCUT2D eigenvalue weighted by molar-refractivity contribution is 0.211. The third kappa shape index (κ3) is 3.63. The molecule has 0 saturated carbocycles. The third-order valence-corrected chi connectivity index (χ3v) is 3.03. The van der Waals surface area contributed by atoms with Crippen LogP contribution >= 0.6 is 0 Å². The normalized spacial score (nSPS) is 20.9. The molecule has 0 spiro atoms. The monoisotopic (exact) mass is 238 g/mol. The second kappa shape index (κ2) is 5.41. The first-order valence-corrected chi connectivity index (χ1v) is 5.96. The average Bonchev–Trinajstić information content (AvgIpc) is 2.41. The summed E-state index contributed by atoms with van der Waals surface area (Å²) >= 11 is 0. The van der Waals surface area contributed by atoms with Crippen molar-refractivity contribution in [2.45, 2.75) is 38.2 Å². The van der Waals surface area contributed by atoms with Gasteiger partial charge in [0.05, 0.1) is 6.10 Å². The second-order valence-corrected chi connectivity index (χ2v) is 4.59. The van der Waals surface area contributed by atoms with Gasteiger partial charge in [-0.05, 0) is 43.4 Å². The quantitative estimate of drug-likeness (QED) is 0.783. The molecule has 0 amide bonds. The van der Waals surface area contributed by atoms with E-state index in [9.17, 15) is 13.9 Å². The topological polar surface area (TPSA) is 20.2 Å². The van der Waals surface area contributed by atoms with Crippen molar-refractivity contribution in [1.29, 1.82) is 0 Å². The molecule has 1 aromatic carbocycles. The molecule has 0 fully saturated rings. The van der Waals surface area contributed by atoms with E-state index in [-0.39, 0.29) is 0 Å². The van der Waals surface area contributed by atoms with Crippen molar-refractivity contribution in [3.63, 3.8) is 0 Å². The van der Waals surface area contributed by atoms with Crippen LogP contribution in [-0.4, -0.2) is 11.2 Å². The van der Waals surface area contributed by atoms with Crippen molar-refractivity contribution in [2.75, 3.05) is 0 Å². The van der Waals surface area contributed by atoms with Gasteiger partial charge in [0.25, 0.3) is 0 Å². The Hall–Kier alpha value is -1.22. The van der Waals surface area contributed by atoms with Crippen LogP contribution < -0.4 is 0 Å². The summed E-state index contributed by atoms with van der Waals surface area (Å²) in [6.07, 6.45) is 5.64. The number of aliphatic hydroxyl groups excluding tert-OH is 1. The lowest BCUT2D eigenvalue weighted by Gasteiger charge is -2.07. The van der Waals surface area contributed by atoms with Crippen molar-refractivity contribution >= 4 is 0 Å². The van der Waals surface area contributed by atoms with Crippen molar-refractivity contribution in [3.05, 3.63) is 47.0 Å². The summed E-state index contributed by atoms with van der Waals surface area (Å²) in [5.74, 6) is -1.09. The van der Waals surface area contributed by atoms with Crippen LogP contribution in [0.15, 0.2) is 29.8 Å². The van der Waals surface area contributed by atoms with E-state index in [2.05, 4.69) is 0 Å². The third-order valence-electron chi connectivity index (χ3n) is 3.03. The molecule has 0 aromatic heterocycles. The molecule has 1 aromatic rings. The van der Waals surface area contributed by atoms with E-state index in [0.29, 0.717) is 12.0 Å². The van der Waals surface area contributed by atoms with Crippen LogP contribution in [0.2, 0.25) is 0 Å². The molecule has 17 heavy (non-hydrogen) atoms. The molecule has 1 atom stereocenters. The van der Waals surface area contributed by atoms with Crippen LogP contribution in [0.1, 0.15) is 31.2 Å². The molecule has 1 unspecified atom stereocenters. The SMILES string of the molecule is OC1C=C(Cc2cc(F)cc(F)c2)CCCC1. The first-order valence-electron chi connectivity index (χ1n) is 5.96. The lowest BCUT2D eigenvalue weighted by atomic mass is 10.0. The smallest absolute Gasteiger partial charge is 0.126 e. The fourth-order valence-corrected chi connectivity index (χ4v) is 2.27. The first kappa shape index (κ1) is 12.2. The van der Waals surface area contributed by atoms with E-state index < -0.39 is 17.7 Å². The van der Waals surface area contributed by atoms with Crippen LogP contribution in [-0.2, 0) is 6.42 Å². The summed E-state index contributed by atoms with van der Waals surface area (Å²) in [6, 6.07) is 3.57. The van der Waals surface area contributed by atoms with Gasteiger partial charge in [0.2, 0.25) is 0 Å². The van der Waals surface area contributed by atoms with Gasteiger partial charge in [0.15, 0.2) is 0 Å². The molecular weight excluding hydrogens is 222 g/mol. The maximum absolute atomic E-state index is 13.0. The van der Waals surface area contributed by atoms with Crippen molar-refractivity contribution in [2.24, 2.45) is 0 Å². The predicted molar refractivity (Wildman–Crippen MR) is 62.6 cm³/mol. The highest BCUT2D eigenvalue weighted by Gasteiger charge is 2.10. The lowest BCUT2D eigenvalue weighted by Crippen LogP contribution is -2.01. The van der Waals surface area contributed by atoms with Gasteiger partial charge in [0, 0.05) is 6.07 Å². The summed E-state index contributed by atoms with van der Waals surface area (Å²) in [5.41, 5.74) is 1.70. The number of halogens is 2. The summed E-state index contributed by atoms with van der Waals surface area (Å²) in [7, 11) is 0. The van der Waals surface area contributed by atoms with Gasteiger partial charge in [-0.3, -0.25) is 0 Å². The average molecular weight is 238 g/mol.